The molecule has 2 aromatic carbocycles. The maximum Gasteiger partial charge on any atom is 0.266 e. The van der Waals surface area contributed by atoms with Crippen LogP contribution >= 0.6 is 11.6 Å². The molecular formula is C22H21ClFNO4. The van der Waals surface area contributed by atoms with Crippen LogP contribution in [0, 0.1) is 5.82 Å². The van der Waals surface area contributed by atoms with Gasteiger partial charge in [-0.15, -0.1) is 0 Å². The SMILES string of the molecule is CCC(=O)c1cccc(N2CC[C@](O)(C(=O)CCc3cc(F)cc(Cl)c3)C2=O)c1. The molecule has 3 rings (SSSR count). The van der Waals surface area contributed by atoms with Crippen LogP contribution in [0.4, 0.5) is 10.1 Å². The molecule has 1 heterocycles. The van der Waals surface area contributed by atoms with E-state index in [1.165, 1.54) is 11.0 Å². The van der Waals surface area contributed by atoms with Crippen molar-refractivity contribution in [3.05, 3.63) is 64.4 Å². The van der Waals surface area contributed by atoms with Crippen LogP contribution < -0.4 is 4.90 Å². The molecule has 0 saturated carbocycles. The fourth-order valence-corrected chi connectivity index (χ4v) is 3.73. The number of hydrogen-bond acceptors (Lipinski definition) is 4. The van der Waals surface area contributed by atoms with E-state index in [1.54, 1.807) is 37.3 Å². The fourth-order valence-electron chi connectivity index (χ4n) is 3.48. The zero-order valence-corrected chi connectivity index (χ0v) is 16.7. The summed E-state index contributed by atoms with van der Waals surface area (Å²) in [5.74, 6) is -1.89. The van der Waals surface area contributed by atoms with Crippen LogP contribution in [0.2, 0.25) is 5.02 Å². The molecule has 0 aromatic heterocycles. The number of amides is 1. The van der Waals surface area contributed by atoms with E-state index in [1.807, 2.05) is 0 Å². The van der Waals surface area contributed by atoms with E-state index in [0.29, 0.717) is 23.2 Å². The summed E-state index contributed by atoms with van der Waals surface area (Å²) >= 11 is 5.82. The zero-order valence-electron chi connectivity index (χ0n) is 16.0. The predicted molar refractivity (Wildman–Crippen MR) is 108 cm³/mol. The first-order valence-corrected chi connectivity index (χ1v) is 9.78. The van der Waals surface area contributed by atoms with E-state index in [4.69, 9.17) is 11.6 Å². The average molecular weight is 418 g/mol. The monoisotopic (exact) mass is 417 g/mol. The van der Waals surface area contributed by atoms with Gasteiger partial charge >= 0.3 is 0 Å². The number of rotatable bonds is 7. The number of carbonyl (C=O) groups excluding carboxylic acids is 3. The van der Waals surface area contributed by atoms with Gasteiger partial charge in [-0.2, -0.15) is 0 Å². The number of hydrogen-bond donors (Lipinski definition) is 1. The number of halogens is 2. The van der Waals surface area contributed by atoms with Crippen LogP contribution in [-0.4, -0.2) is 34.7 Å². The molecule has 0 aliphatic carbocycles. The van der Waals surface area contributed by atoms with E-state index in [2.05, 4.69) is 0 Å². The average Bonchev–Trinajstić information content (AvgIpc) is 3.01. The highest BCUT2D eigenvalue weighted by molar-refractivity contribution is 6.30. The third-order valence-electron chi connectivity index (χ3n) is 5.12. The second-order valence-electron chi connectivity index (χ2n) is 7.09. The maximum atomic E-state index is 13.4. The molecule has 1 aliphatic heterocycles. The van der Waals surface area contributed by atoms with Crippen LogP contribution in [-0.2, 0) is 16.0 Å². The van der Waals surface area contributed by atoms with Crippen LogP contribution in [0.15, 0.2) is 42.5 Å². The van der Waals surface area contributed by atoms with Crippen molar-refractivity contribution in [2.24, 2.45) is 0 Å². The van der Waals surface area contributed by atoms with Crippen molar-refractivity contribution in [1.82, 2.24) is 0 Å². The van der Waals surface area contributed by atoms with Gasteiger partial charge in [-0.05, 0) is 42.3 Å². The molecule has 1 N–H and O–H groups in total. The molecule has 0 radical (unpaired) electrons. The number of anilines is 1. The lowest BCUT2D eigenvalue weighted by Crippen LogP contribution is -2.47. The van der Waals surface area contributed by atoms with Crippen LogP contribution in [0.5, 0.6) is 0 Å². The van der Waals surface area contributed by atoms with Crippen molar-refractivity contribution >= 4 is 34.8 Å². The number of Topliss-reactive ketones (excluding diaryl/α,β-unsaturated/α-hetero) is 2. The summed E-state index contributed by atoms with van der Waals surface area (Å²) in [6.45, 7) is 1.91. The van der Waals surface area contributed by atoms with Crippen LogP contribution in [0.25, 0.3) is 0 Å². The smallest absolute Gasteiger partial charge is 0.266 e. The molecule has 1 aliphatic rings. The molecule has 29 heavy (non-hydrogen) atoms. The topological polar surface area (TPSA) is 74.7 Å². The molecular weight excluding hydrogens is 397 g/mol. The highest BCUT2D eigenvalue weighted by atomic mass is 35.5. The lowest BCUT2D eigenvalue weighted by molar-refractivity contribution is -0.147. The van der Waals surface area contributed by atoms with Crippen molar-refractivity contribution in [1.29, 1.82) is 0 Å². The van der Waals surface area contributed by atoms with Gasteiger partial charge in [-0.3, -0.25) is 14.4 Å². The Hall–Kier alpha value is -2.57. The van der Waals surface area contributed by atoms with E-state index < -0.39 is 23.1 Å². The standard InChI is InChI=1S/C22H21ClFNO4/c1-2-19(26)15-4-3-5-18(12-15)25-9-8-22(29,21(25)28)20(27)7-6-14-10-16(23)13-17(24)11-14/h3-5,10-13,29H,2,6-9H2,1H3/t22-/m0/s1. The zero-order chi connectivity index (χ0) is 21.2. The van der Waals surface area contributed by atoms with E-state index in [-0.39, 0.29) is 36.6 Å². The summed E-state index contributed by atoms with van der Waals surface area (Å²) < 4.78 is 13.4. The second kappa shape index (κ2) is 8.43. The molecule has 0 spiro atoms. The number of ketones is 2. The third kappa shape index (κ3) is 4.38. The van der Waals surface area contributed by atoms with E-state index in [0.717, 1.165) is 6.07 Å². The first kappa shape index (κ1) is 21.1. The van der Waals surface area contributed by atoms with Gasteiger partial charge in [-0.25, -0.2) is 4.39 Å². The lowest BCUT2D eigenvalue weighted by Gasteiger charge is -2.21. The van der Waals surface area contributed by atoms with Crippen LogP contribution in [0.1, 0.15) is 42.1 Å². The van der Waals surface area contributed by atoms with Gasteiger partial charge in [0.2, 0.25) is 5.60 Å². The van der Waals surface area contributed by atoms with Gasteiger partial charge < -0.3 is 10.0 Å². The molecule has 152 valence electrons. The molecule has 5 nitrogen and oxygen atoms in total. The molecule has 1 fully saturated rings. The van der Waals surface area contributed by atoms with Crippen molar-refractivity contribution in [3.8, 4) is 0 Å². The molecule has 2 aromatic rings. The van der Waals surface area contributed by atoms with Crippen LogP contribution in [0.3, 0.4) is 0 Å². The highest BCUT2D eigenvalue weighted by Gasteiger charge is 2.50. The fraction of sp³-hybridized carbons (Fsp3) is 0.318. The minimum atomic E-state index is -2.12. The van der Waals surface area contributed by atoms with Gasteiger partial charge in [0.05, 0.1) is 0 Å². The second-order valence-corrected chi connectivity index (χ2v) is 7.53. The number of aryl methyl sites for hydroxylation is 1. The Labute approximate surface area is 173 Å². The maximum absolute atomic E-state index is 13.4. The summed E-state index contributed by atoms with van der Waals surface area (Å²) in [5.41, 5.74) is -0.667. The van der Waals surface area contributed by atoms with Crippen molar-refractivity contribution in [2.75, 3.05) is 11.4 Å². The normalized spacial score (nSPS) is 18.9. The van der Waals surface area contributed by atoms with Gasteiger partial charge in [0.1, 0.15) is 5.82 Å². The predicted octanol–water partition coefficient (Wildman–Crippen LogP) is 3.74. The summed E-state index contributed by atoms with van der Waals surface area (Å²) in [4.78, 5) is 38.7. The molecule has 1 atom stereocenters. The van der Waals surface area contributed by atoms with Gasteiger partial charge in [0.25, 0.3) is 5.91 Å². The summed E-state index contributed by atoms with van der Waals surface area (Å²) in [6, 6.07) is 10.6. The minimum absolute atomic E-state index is 0.0411. The highest BCUT2D eigenvalue weighted by Crippen LogP contribution is 2.31. The number of aliphatic hydroxyl groups is 1. The summed E-state index contributed by atoms with van der Waals surface area (Å²) in [6.07, 6.45) is 0.334. The van der Waals surface area contributed by atoms with Gasteiger partial charge in [0, 0.05) is 42.1 Å². The number of nitrogens with zero attached hydrogens (tertiary/aromatic N) is 1. The Morgan fingerprint density at radius 1 is 1.24 bits per heavy atom. The van der Waals surface area contributed by atoms with Gasteiger partial charge in [-0.1, -0.05) is 30.7 Å². The molecule has 0 unspecified atom stereocenters. The largest absolute Gasteiger partial charge is 0.373 e. The Morgan fingerprint density at radius 2 is 2.00 bits per heavy atom. The molecule has 7 heteroatoms. The quantitative estimate of drug-likeness (QED) is 0.550. The van der Waals surface area contributed by atoms with Crippen molar-refractivity contribution in [3.63, 3.8) is 0 Å². The molecule has 1 amide bonds. The molecule has 0 bridgehead atoms. The van der Waals surface area contributed by atoms with E-state index in [9.17, 15) is 23.9 Å². The minimum Gasteiger partial charge on any atom is -0.373 e. The summed E-state index contributed by atoms with van der Waals surface area (Å²) in [7, 11) is 0. The number of benzene rings is 2. The number of carbonyl (C=O) groups is 3. The Morgan fingerprint density at radius 3 is 2.69 bits per heavy atom. The Kier molecular flexibility index (Phi) is 6.15. The molecule has 1 saturated heterocycles. The van der Waals surface area contributed by atoms with E-state index >= 15 is 0 Å². The first-order chi connectivity index (χ1) is 13.7. The Balaban J connectivity index is 1.73. The van der Waals surface area contributed by atoms with Gasteiger partial charge in [0.15, 0.2) is 11.6 Å². The first-order valence-electron chi connectivity index (χ1n) is 9.40. The lowest BCUT2D eigenvalue weighted by atomic mass is 9.92. The summed E-state index contributed by atoms with van der Waals surface area (Å²) in [5, 5.41) is 11.0. The van der Waals surface area contributed by atoms with Crippen molar-refractivity contribution in [2.45, 2.75) is 38.2 Å². The van der Waals surface area contributed by atoms with Crippen molar-refractivity contribution < 1.29 is 23.9 Å². The Bertz CT molecular complexity index is 957. The third-order valence-corrected chi connectivity index (χ3v) is 5.34.